The highest BCUT2D eigenvalue weighted by atomic mass is 32.2. The van der Waals surface area contributed by atoms with E-state index in [1.807, 2.05) is 25.1 Å². The van der Waals surface area contributed by atoms with Gasteiger partial charge in [-0.15, -0.1) is 0 Å². The molecule has 3 unspecified atom stereocenters. The summed E-state index contributed by atoms with van der Waals surface area (Å²) in [4.78, 5) is 15.9. The first-order chi connectivity index (χ1) is 16.2. The zero-order valence-corrected chi connectivity index (χ0v) is 23.4. The van der Waals surface area contributed by atoms with Gasteiger partial charge in [0.25, 0.3) is 0 Å². The summed E-state index contributed by atoms with van der Waals surface area (Å²) in [5, 5.41) is 12.6. The van der Waals surface area contributed by atoms with E-state index >= 15 is 0 Å². The quantitative estimate of drug-likeness (QED) is 0.151. The lowest BCUT2D eigenvalue weighted by molar-refractivity contribution is -0.137. The van der Waals surface area contributed by atoms with Crippen molar-refractivity contribution in [1.29, 1.82) is 0 Å². The van der Waals surface area contributed by atoms with Crippen molar-refractivity contribution < 1.29 is 9.90 Å². The van der Waals surface area contributed by atoms with Crippen LogP contribution in [0.5, 0.6) is 0 Å². The molecule has 5 heteroatoms. The minimum absolute atomic E-state index is 0.516. The predicted molar refractivity (Wildman–Crippen MR) is 150 cm³/mol. The first-order valence-electron chi connectivity index (χ1n) is 13.3. The number of nitrogens with zero attached hydrogens (tertiary/aromatic N) is 1. The number of allylic oxidation sites excluding steroid dienone is 1. The van der Waals surface area contributed by atoms with Crippen molar-refractivity contribution in [2.75, 3.05) is 16.8 Å². The van der Waals surface area contributed by atoms with Crippen LogP contribution in [0, 0.1) is 24.7 Å². The van der Waals surface area contributed by atoms with Gasteiger partial charge in [-0.25, -0.2) is 9.78 Å². The standard InChI is InChI=1S/C29H50N2O2S/c1-22(2)11-7-12-23(3)13-8-14-24(4)15-9-16-25(5)19-20-34-21-27(29(32)33)31-28-18-10-17-26(6)30-28/h10,17-19,22-24,27H,7-9,11-16,20-21H2,1-6H3,(H,30,31)(H,32,33). The number of hydrogen-bond acceptors (Lipinski definition) is 4. The van der Waals surface area contributed by atoms with E-state index in [-0.39, 0.29) is 0 Å². The van der Waals surface area contributed by atoms with E-state index in [0.717, 1.165) is 35.6 Å². The van der Waals surface area contributed by atoms with E-state index in [9.17, 15) is 9.90 Å². The molecular weight excluding hydrogens is 440 g/mol. The molecule has 0 bridgehead atoms. The highest BCUT2D eigenvalue weighted by molar-refractivity contribution is 7.99. The predicted octanol–water partition coefficient (Wildman–Crippen LogP) is 8.37. The molecule has 3 atom stereocenters. The van der Waals surface area contributed by atoms with E-state index in [2.05, 4.69) is 51.0 Å². The Morgan fingerprint density at radius 1 is 1.03 bits per heavy atom. The van der Waals surface area contributed by atoms with E-state index < -0.39 is 12.0 Å². The SMILES string of the molecule is CC(=CCSCC(Nc1cccc(C)n1)C(=O)O)CCCC(C)CCCC(C)CCCC(C)C. The maximum absolute atomic E-state index is 11.6. The highest BCUT2D eigenvalue weighted by Crippen LogP contribution is 2.22. The Kier molecular flexibility index (Phi) is 16.1. The first kappa shape index (κ1) is 30.5. The number of rotatable bonds is 19. The van der Waals surface area contributed by atoms with Crippen LogP contribution in [0.3, 0.4) is 0 Å². The summed E-state index contributed by atoms with van der Waals surface area (Å²) in [6, 6.07) is 4.97. The van der Waals surface area contributed by atoms with Crippen molar-refractivity contribution in [2.45, 2.75) is 105 Å². The second-order valence-corrected chi connectivity index (χ2v) is 11.7. The minimum Gasteiger partial charge on any atom is -0.480 e. The maximum Gasteiger partial charge on any atom is 0.327 e. The van der Waals surface area contributed by atoms with E-state index in [1.165, 1.54) is 56.9 Å². The smallest absolute Gasteiger partial charge is 0.327 e. The van der Waals surface area contributed by atoms with Gasteiger partial charge in [0, 0.05) is 17.2 Å². The molecule has 194 valence electrons. The number of aliphatic carboxylic acids is 1. The van der Waals surface area contributed by atoms with Crippen molar-refractivity contribution >= 4 is 23.5 Å². The molecule has 0 spiro atoms. The molecule has 0 aliphatic rings. The topological polar surface area (TPSA) is 62.2 Å². The van der Waals surface area contributed by atoms with E-state index in [4.69, 9.17) is 0 Å². The molecule has 34 heavy (non-hydrogen) atoms. The summed E-state index contributed by atoms with van der Waals surface area (Å²) < 4.78 is 0. The molecule has 4 nitrogen and oxygen atoms in total. The number of carbonyl (C=O) groups is 1. The van der Waals surface area contributed by atoms with Gasteiger partial charge in [0.1, 0.15) is 11.9 Å². The molecule has 1 heterocycles. The fourth-order valence-corrected chi connectivity index (χ4v) is 5.17. The number of aryl methyl sites for hydroxylation is 1. The van der Waals surface area contributed by atoms with Gasteiger partial charge >= 0.3 is 5.97 Å². The van der Waals surface area contributed by atoms with Crippen LogP contribution in [0.25, 0.3) is 0 Å². The molecule has 0 fully saturated rings. The van der Waals surface area contributed by atoms with Gasteiger partial charge in [-0.3, -0.25) is 0 Å². The van der Waals surface area contributed by atoms with Gasteiger partial charge < -0.3 is 10.4 Å². The highest BCUT2D eigenvalue weighted by Gasteiger charge is 2.17. The molecule has 0 aliphatic carbocycles. The summed E-state index contributed by atoms with van der Waals surface area (Å²) in [6.07, 6.45) is 14.2. The van der Waals surface area contributed by atoms with Gasteiger partial charge in [-0.2, -0.15) is 11.8 Å². The Labute approximate surface area is 213 Å². The summed E-state index contributed by atoms with van der Waals surface area (Å²) in [5.41, 5.74) is 2.29. The number of carboxylic acids is 1. The number of aromatic nitrogens is 1. The molecule has 1 aromatic rings. The summed E-state index contributed by atoms with van der Waals surface area (Å²) in [7, 11) is 0. The van der Waals surface area contributed by atoms with Crippen LogP contribution in [0.1, 0.15) is 98.1 Å². The average molecular weight is 491 g/mol. The number of pyridine rings is 1. The Bertz CT molecular complexity index is 720. The van der Waals surface area contributed by atoms with E-state index in [1.54, 1.807) is 11.8 Å². The summed E-state index contributed by atoms with van der Waals surface area (Å²) >= 11 is 1.65. The Morgan fingerprint density at radius 3 is 2.24 bits per heavy atom. The molecule has 0 amide bonds. The molecule has 0 radical (unpaired) electrons. The first-order valence-corrected chi connectivity index (χ1v) is 14.5. The van der Waals surface area contributed by atoms with Gasteiger partial charge in [0.2, 0.25) is 0 Å². The third-order valence-electron chi connectivity index (χ3n) is 6.48. The Morgan fingerprint density at radius 2 is 1.65 bits per heavy atom. The maximum atomic E-state index is 11.6. The fraction of sp³-hybridized carbons (Fsp3) is 0.724. The molecule has 2 N–H and O–H groups in total. The second kappa shape index (κ2) is 17.9. The van der Waals surface area contributed by atoms with Crippen LogP contribution in [0.15, 0.2) is 29.8 Å². The number of hydrogen-bond donors (Lipinski definition) is 2. The molecular formula is C29H50N2O2S. The van der Waals surface area contributed by atoms with Gasteiger partial charge in [0.05, 0.1) is 0 Å². The Balaban J connectivity index is 2.17. The average Bonchev–Trinajstić information content (AvgIpc) is 2.75. The van der Waals surface area contributed by atoms with Crippen molar-refractivity contribution in [3.05, 3.63) is 35.5 Å². The molecule has 0 aromatic carbocycles. The number of thioether (sulfide) groups is 1. The monoisotopic (exact) mass is 490 g/mol. The summed E-state index contributed by atoms with van der Waals surface area (Å²) in [6.45, 7) is 13.6. The largest absolute Gasteiger partial charge is 0.480 e. The van der Waals surface area contributed by atoms with Gasteiger partial charge in [0.15, 0.2) is 0 Å². The fourth-order valence-electron chi connectivity index (χ4n) is 4.17. The zero-order chi connectivity index (χ0) is 25.3. The van der Waals surface area contributed by atoms with Crippen molar-refractivity contribution in [1.82, 2.24) is 4.98 Å². The van der Waals surface area contributed by atoms with Crippen LogP contribution in [0.2, 0.25) is 0 Å². The third kappa shape index (κ3) is 15.4. The second-order valence-electron chi connectivity index (χ2n) is 10.6. The molecule has 1 rings (SSSR count). The third-order valence-corrected chi connectivity index (χ3v) is 7.45. The normalized spacial score (nSPS) is 14.7. The number of carboxylic acid groups (broad SMARTS) is 1. The van der Waals surface area contributed by atoms with Crippen molar-refractivity contribution in [2.24, 2.45) is 17.8 Å². The van der Waals surface area contributed by atoms with E-state index in [0.29, 0.717) is 11.6 Å². The van der Waals surface area contributed by atoms with Crippen LogP contribution in [0.4, 0.5) is 5.82 Å². The van der Waals surface area contributed by atoms with Crippen LogP contribution in [-0.2, 0) is 4.79 Å². The van der Waals surface area contributed by atoms with Crippen LogP contribution in [-0.4, -0.2) is 33.6 Å². The lowest BCUT2D eigenvalue weighted by Crippen LogP contribution is -2.32. The molecule has 0 aliphatic heterocycles. The van der Waals surface area contributed by atoms with Crippen molar-refractivity contribution in [3.8, 4) is 0 Å². The lowest BCUT2D eigenvalue weighted by atomic mass is 9.91. The van der Waals surface area contributed by atoms with Gasteiger partial charge in [-0.05, 0) is 56.6 Å². The molecule has 0 saturated heterocycles. The number of nitrogens with one attached hydrogen (secondary N) is 1. The lowest BCUT2D eigenvalue weighted by Gasteiger charge is -2.15. The van der Waals surface area contributed by atoms with Crippen LogP contribution < -0.4 is 5.32 Å². The molecule has 0 saturated carbocycles. The molecule has 1 aromatic heterocycles. The summed E-state index contributed by atoms with van der Waals surface area (Å²) in [5.74, 6) is 3.67. The number of anilines is 1. The van der Waals surface area contributed by atoms with Crippen LogP contribution >= 0.6 is 11.8 Å². The Hall–Kier alpha value is -1.49. The van der Waals surface area contributed by atoms with Crippen molar-refractivity contribution in [3.63, 3.8) is 0 Å². The zero-order valence-electron chi connectivity index (χ0n) is 22.6. The minimum atomic E-state index is -0.838. The van der Waals surface area contributed by atoms with Gasteiger partial charge in [-0.1, -0.05) is 90.4 Å².